The molecular weight excluding hydrogens is 350 g/mol. The van der Waals surface area contributed by atoms with Crippen LogP contribution in [-0.4, -0.2) is 33.7 Å². The van der Waals surface area contributed by atoms with Crippen LogP contribution in [-0.2, 0) is 4.74 Å². The van der Waals surface area contributed by atoms with Crippen molar-refractivity contribution >= 4 is 22.7 Å². The highest BCUT2D eigenvalue weighted by molar-refractivity contribution is 5.88. The van der Waals surface area contributed by atoms with Crippen LogP contribution in [0.2, 0.25) is 0 Å². The largest absolute Gasteiger partial charge is 0.490 e. The number of nitro benzene ring substituents is 1. The van der Waals surface area contributed by atoms with Crippen molar-refractivity contribution in [2.75, 3.05) is 0 Å². The Morgan fingerprint density at radius 2 is 2.04 bits per heavy atom. The molecule has 8 nitrogen and oxygen atoms in total. The molecule has 0 spiro atoms. The molecule has 1 aromatic carbocycles. The number of rotatable bonds is 4. The number of amides is 1. The Labute approximate surface area is 157 Å². The number of hydrogen-bond donors (Lipinski definition) is 1. The molecule has 1 aliphatic carbocycles. The van der Waals surface area contributed by atoms with Crippen molar-refractivity contribution in [1.29, 1.82) is 0 Å². The fourth-order valence-electron chi connectivity index (χ4n) is 2.99. The van der Waals surface area contributed by atoms with Gasteiger partial charge in [0.15, 0.2) is 0 Å². The van der Waals surface area contributed by atoms with E-state index in [2.05, 4.69) is 10.3 Å². The zero-order valence-electron chi connectivity index (χ0n) is 15.8. The highest BCUT2D eigenvalue weighted by Crippen LogP contribution is 2.33. The summed E-state index contributed by atoms with van der Waals surface area (Å²) in [5.41, 5.74) is 0.714. The molecule has 0 radical (unpaired) electrons. The average Bonchev–Trinajstić information content (AvgIpc) is 2.50. The van der Waals surface area contributed by atoms with Crippen LogP contribution in [0.5, 0.6) is 5.75 Å². The third-order valence-electron chi connectivity index (χ3n) is 4.33. The zero-order chi connectivity index (χ0) is 19.8. The Morgan fingerprint density at radius 1 is 1.33 bits per heavy atom. The van der Waals surface area contributed by atoms with Gasteiger partial charge in [0.1, 0.15) is 17.5 Å². The van der Waals surface area contributed by atoms with Crippen LogP contribution in [0.4, 0.5) is 10.5 Å². The molecule has 27 heavy (non-hydrogen) atoms. The van der Waals surface area contributed by atoms with E-state index in [1.54, 1.807) is 25.3 Å². The molecule has 0 atom stereocenters. The monoisotopic (exact) mass is 373 g/mol. The van der Waals surface area contributed by atoms with Crippen molar-refractivity contribution in [3.05, 3.63) is 40.1 Å². The van der Waals surface area contributed by atoms with Crippen molar-refractivity contribution in [1.82, 2.24) is 10.3 Å². The molecule has 1 aromatic heterocycles. The van der Waals surface area contributed by atoms with Crippen LogP contribution < -0.4 is 10.1 Å². The van der Waals surface area contributed by atoms with Crippen molar-refractivity contribution in [3.8, 4) is 5.75 Å². The summed E-state index contributed by atoms with van der Waals surface area (Å²) in [5, 5.41) is 14.6. The van der Waals surface area contributed by atoms with Crippen molar-refractivity contribution < 1.29 is 19.2 Å². The fraction of sp³-hybridized carbons (Fsp3) is 0.474. The minimum Gasteiger partial charge on any atom is -0.490 e. The number of nitrogens with zero attached hydrogens (tertiary/aromatic N) is 2. The topological polar surface area (TPSA) is 104 Å². The molecule has 1 fully saturated rings. The summed E-state index contributed by atoms with van der Waals surface area (Å²) in [5.74, 6) is 0.559. The number of aryl methyl sites for hydroxylation is 1. The van der Waals surface area contributed by atoms with E-state index >= 15 is 0 Å². The first kappa shape index (κ1) is 18.9. The maximum Gasteiger partial charge on any atom is 0.407 e. The second-order valence-corrected chi connectivity index (χ2v) is 7.78. The van der Waals surface area contributed by atoms with Gasteiger partial charge in [0, 0.05) is 42.1 Å². The van der Waals surface area contributed by atoms with E-state index in [1.807, 2.05) is 20.8 Å². The number of nitrogens with one attached hydrogen (secondary N) is 1. The van der Waals surface area contributed by atoms with Gasteiger partial charge in [-0.1, -0.05) is 0 Å². The Kier molecular flexibility index (Phi) is 4.91. The smallest absolute Gasteiger partial charge is 0.407 e. The molecule has 144 valence electrons. The molecule has 0 bridgehead atoms. The number of nitro groups is 1. The Bertz CT molecular complexity index is 885. The molecule has 0 aliphatic heterocycles. The second kappa shape index (κ2) is 7.02. The van der Waals surface area contributed by atoms with E-state index in [1.165, 1.54) is 6.07 Å². The molecule has 1 aliphatic rings. The first-order valence-electron chi connectivity index (χ1n) is 8.82. The van der Waals surface area contributed by atoms with Crippen LogP contribution in [0.3, 0.4) is 0 Å². The van der Waals surface area contributed by atoms with Crippen molar-refractivity contribution in [2.45, 2.75) is 58.3 Å². The zero-order valence-corrected chi connectivity index (χ0v) is 15.8. The normalized spacial score (nSPS) is 19.3. The maximum absolute atomic E-state index is 11.8. The number of alkyl carbamates (subject to hydrolysis) is 1. The standard InChI is InChI=1S/C19H23N3O5/c1-11-7-15-14(10-16(11)22(24)25)17(5-6-20-15)26-13-8-12(9-13)21-18(23)27-19(2,3)4/h5-7,10,12-13H,8-9H2,1-4H3,(H,21,23). The minimum absolute atomic E-state index is 0.00506. The molecule has 0 saturated heterocycles. The van der Waals surface area contributed by atoms with Gasteiger partial charge in [0.05, 0.1) is 10.4 Å². The third kappa shape index (κ3) is 4.45. The first-order chi connectivity index (χ1) is 12.6. The van der Waals surface area contributed by atoms with Gasteiger partial charge in [0.25, 0.3) is 5.69 Å². The fourth-order valence-corrected chi connectivity index (χ4v) is 2.99. The second-order valence-electron chi connectivity index (χ2n) is 7.78. The average molecular weight is 373 g/mol. The Hall–Kier alpha value is -2.90. The molecule has 1 heterocycles. The molecular formula is C19H23N3O5. The predicted octanol–water partition coefficient (Wildman–Crippen LogP) is 3.89. The summed E-state index contributed by atoms with van der Waals surface area (Å²) in [6.07, 6.45) is 2.41. The number of carbonyl (C=O) groups is 1. The highest BCUT2D eigenvalue weighted by atomic mass is 16.6. The molecule has 1 amide bonds. The van der Waals surface area contributed by atoms with Gasteiger partial charge >= 0.3 is 6.09 Å². The third-order valence-corrected chi connectivity index (χ3v) is 4.33. The molecule has 1 N–H and O–H groups in total. The number of carbonyl (C=O) groups excluding carboxylic acids is 1. The summed E-state index contributed by atoms with van der Waals surface area (Å²) in [6.45, 7) is 7.13. The van der Waals surface area contributed by atoms with Crippen molar-refractivity contribution in [3.63, 3.8) is 0 Å². The number of pyridine rings is 1. The molecule has 8 heteroatoms. The molecule has 0 unspecified atom stereocenters. The Morgan fingerprint density at radius 3 is 2.67 bits per heavy atom. The summed E-state index contributed by atoms with van der Waals surface area (Å²) in [6, 6.07) is 4.89. The van der Waals surface area contributed by atoms with Crippen LogP contribution in [0, 0.1) is 17.0 Å². The highest BCUT2D eigenvalue weighted by Gasteiger charge is 2.33. The van der Waals surface area contributed by atoms with Gasteiger partial charge < -0.3 is 14.8 Å². The maximum atomic E-state index is 11.8. The SMILES string of the molecule is Cc1cc2nccc(OC3CC(NC(=O)OC(C)(C)C)C3)c2cc1[N+](=O)[O-]. The number of benzene rings is 1. The van der Waals surface area contributed by atoms with E-state index in [-0.39, 0.29) is 17.8 Å². The van der Waals surface area contributed by atoms with E-state index in [9.17, 15) is 14.9 Å². The summed E-state index contributed by atoms with van der Waals surface area (Å²) < 4.78 is 11.2. The number of ether oxygens (including phenoxy) is 2. The van der Waals surface area contributed by atoms with Crippen LogP contribution in [0.15, 0.2) is 24.4 Å². The van der Waals surface area contributed by atoms with E-state index in [0.717, 1.165) is 0 Å². The van der Waals surface area contributed by atoms with Gasteiger partial charge in [-0.05, 0) is 39.8 Å². The molecule has 1 saturated carbocycles. The number of hydrogen-bond acceptors (Lipinski definition) is 6. The van der Waals surface area contributed by atoms with Crippen molar-refractivity contribution in [2.24, 2.45) is 0 Å². The minimum atomic E-state index is -0.535. The van der Waals surface area contributed by atoms with E-state index < -0.39 is 16.6 Å². The van der Waals surface area contributed by atoms with Gasteiger partial charge in [-0.25, -0.2) is 4.79 Å². The lowest BCUT2D eigenvalue weighted by Crippen LogP contribution is -2.50. The van der Waals surface area contributed by atoms with Crippen LogP contribution in [0.1, 0.15) is 39.2 Å². The van der Waals surface area contributed by atoms with E-state index in [4.69, 9.17) is 9.47 Å². The van der Waals surface area contributed by atoms with Gasteiger partial charge in [-0.3, -0.25) is 15.1 Å². The summed E-state index contributed by atoms with van der Waals surface area (Å²) >= 11 is 0. The van der Waals surface area contributed by atoms with Crippen LogP contribution in [0.25, 0.3) is 10.9 Å². The quantitative estimate of drug-likeness (QED) is 0.644. The van der Waals surface area contributed by atoms with Gasteiger partial charge in [-0.2, -0.15) is 0 Å². The van der Waals surface area contributed by atoms with Gasteiger partial charge in [0.2, 0.25) is 0 Å². The molecule has 2 aromatic rings. The summed E-state index contributed by atoms with van der Waals surface area (Å²) in [7, 11) is 0. The van der Waals surface area contributed by atoms with E-state index in [0.29, 0.717) is 35.1 Å². The summed E-state index contributed by atoms with van der Waals surface area (Å²) in [4.78, 5) is 26.9. The number of fused-ring (bicyclic) bond motifs is 1. The lowest BCUT2D eigenvalue weighted by Gasteiger charge is -2.36. The first-order valence-corrected chi connectivity index (χ1v) is 8.82. The Balaban J connectivity index is 1.66. The lowest BCUT2D eigenvalue weighted by atomic mass is 9.89. The molecule has 3 rings (SSSR count). The predicted molar refractivity (Wildman–Crippen MR) is 99.9 cm³/mol. The van der Waals surface area contributed by atoms with Crippen LogP contribution >= 0.6 is 0 Å². The number of aromatic nitrogens is 1. The van der Waals surface area contributed by atoms with Gasteiger partial charge in [-0.15, -0.1) is 0 Å². The lowest BCUT2D eigenvalue weighted by molar-refractivity contribution is -0.385.